The van der Waals surface area contributed by atoms with E-state index in [1.807, 2.05) is 18.2 Å². The average molecular weight is 522 g/mol. The molecule has 0 aliphatic carbocycles. The number of anilines is 3. The number of hydrogen-bond donors (Lipinski definition) is 3. The van der Waals surface area contributed by atoms with Crippen LogP contribution in [0.3, 0.4) is 0 Å². The van der Waals surface area contributed by atoms with Gasteiger partial charge in [0, 0.05) is 43.2 Å². The summed E-state index contributed by atoms with van der Waals surface area (Å²) in [5.74, 6) is 0.452. The maximum Gasteiger partial charge on any atom is 0.323 e. The van der Waals surface area contributed by atoms with E-state index in [1.165, 1.54) is 6.42 Å². The summed E-state index contributed by atoms with van der Waals surface area (Å²) in [6.45, 7) is 18.0. The first-order valence-electron chi connectivity index (χ1n) is 14.3. The topological polar surface area (TPSA) is 76.7 Å². The second-order valence-electron chi connectivity index (χ2n) is 10.8. The van der Waals surface area contributed by atoms with Crippen molar-refractivity contribution in [2.45, 2.75) is 72.6 Å². The zero-order valence-electron chi connectivity index (χ0n) is 24.2. The van der Waals surface area contributed by atoms with Gasteiger partial charge in [0.05, 0.1) is 5.56 Å². The molecule has 0 unspecified atom stereocenters. The number of benzene rings is 2. The molecule has 0 radical (unpaired) electrons. The largest absolute Gasteiger partial charge is 0.371 e. The van der Waals surface area contributed by atoms with Crippen molar-refractivity contribution in [3.05, 3.63) is 53.1 Å². The highest BCUT2D eigenvalue weighted by molar-refractivity contribution is 6.04. The Balaban J connectivity index is 1.82. The third-order valence-electron chi connectivity index (χ3n) is 7.42. The molecule has 0 bridgehead atoms. The van der Waals surface area contributed by atoms with Gasteiger partial charge in [-0.15, -0.1) is 0 Å². The zero-order valence-corrected chi connectivity index (χ0v) is 24.2. The predicted octanol–water partition coefficient (Wildman–Crippen LogP) is 6.64. The van der Waals surface area contributed by atoms with Crippen LogP contribution in [0.5, 0.6) is 0 Å². The number of para-hydroxylation sites is 1. The number of nitrogens with zero attached hydrogens (tertiary/aromatic N) is 2. The fourth-order valence-corrected chi connectivity index (χ4v) is 5.14. The molecule has 7 nitrogen and oxygen atoms in total. The van der Waals surface area contributed by atoms with Gasteiger partial charge in [-0.2, -0.15) is 0 Å². The molecule has 1 aliphatic rings. The molecule has 0 aromatic heterocycles. The number of nitrogens with one attached hydrogen (secondary N) is 3. The van der Waals surface area contributed by atoms with Crippen molar-refractivity contribution in [1.82, 2.24) is 10.2 Å². The van der Waals surface area contributed by atoms with Gasteiger partial charge in [0.25, 0.3) is 5.91 Å². The number of likely N-dealkylation sites (N-methyl/N-ethyl adjacent to an activating group) is 1. The summed E-state index contributed by atoms with van der Waals surface area (Å²) in [5.41, 5.74) is 5.23. The summed E-state index contributed by atoms with van der Waals surface area (Å²) >= 11 is 0. The van der Waals surface area contributed by atoms with Crippen LogP contribution in [0.25, 0.3) is 0 Å². The van der Waals surface area contributed by atoms with Crippen LogP contribution in [0.1, 0.15) is 94.1 Å². The van der Waals surface area contributed by atoms with E-state index in [4.69, 9.17) is 0 Å². The van der Waals surface area contributed by atoms with Crippen LogP contribution < -0.4 is 20.9 Å². The van der Waals surface area contributed by atoms with Crippen molar-refractivity contribution in [3.8, 4) is 0 Å². The highest BCUT2D eigenvalue weighted by Gasteiger charge is 2.21. The minimum absolute atomic E-state index is 0.103. The number of piperidine rings is 1. The van der Waals surface area contributed by atoms with Crippen molar-refractivity contribution < 1.29 is 9.59 Å². The van der Waals surface area contributed by atoms with Gasteiger partial charge in [-0.1, -0.05) is 59.7 Å². The third-order valence-corrected chi connectivity index (χ3v) is 7.42. The zero-order chi connectivity index (χ0) is 27.7. The minimum atomic E-state index is -0.307. The van der Waals surface area contributed by atoms with Crippen molar-refractivity contribution in [1.29, 1.82) is 0 Å². The summed E-state index contributed by atoms with van der Waals surface area (Å²) in [5, 5.41) is 9.20. The molecule has 3 N–H and O–H groups in total. The Bertz CT molecular complexity index is 1050. The molecular formula is C31H47N5O2. The van der Waals surface area contributed by atoms with Gasteiger partial charge in [-0.25, -0.2) is 4.79 Å². The second-order valence-corrected chi connectivity index (χ2v) is 10.8. The van der Waals surface area contributed by atoms with E-state index in [2.05, 4.69) is 85.5 Å². The first-order chi connectivity index (χ1) is 18.2. The maximum absolute atomic E-state index is 13.3. The number of carbonyl (C=O) groups excluding carboxylic acids is 2. The van der Waals surface area contributed by atoms with E-state index < -0.39 is 0 Å². The Morgan fingerprint density at radius 2 is 1.53 bits per heavy atom. The molecule has 2 aromatic carbocycles. The van der Waals surface area contributed by atoms with Gasteiger partial charge in [-0.3, -0.25) is 4.79 Å². The second kappa shape index (κ2) is 14.2. The number of amides is 3. The quantitative estimate of drug-likeness (QED) is 0.310. The lowest BCUT2D eigenvalue weighted by molar-refractivity contribution is 0.0949. The first-order valence-corrected chi connectivity index (χ1v) is 14.3. The van der Waals surface area contributed by atoms with E-state index in [0.29, 0.717) is 17.8 Å². The molecule has 38 heavy (non-hydrogen) atoms. The van der Waals surface area contributed by atoms with E-state index in [-0.39, 0.29) is 23.8 Å². The van der Waals surface area contributed by atoms with Gasteiger partial charge in [0.15, 0.2) is 0 Å². The van der Waals surface area contributed by atoms with E-state index in [1.54, 1.807) is 0 Å². The SMILES string of the molecule is CCN(CC)CCNC(=O)c1cc(NC(=O)Nc2c(C(C)C)cccc2C(C)C)ccc1N1CCCCC1. The van der Waals surface area contributed by atoms with Crippen LogP contribution in [-0.4, -0.2) is 56.1 Å². The van der Waals surface area contributed by atoms with Gasteiger partial charge in [-0.05, 0) is 73.5 Å². The number of urea groups is 1. The lowest BCUT2D eigenvalue weighted by Gasteiger charge is -2.30. The van der Waals surface area contributed by atoms with Gasteiger partial charge >= 0.3 is 6.03 Å². The van der Waals surface area contributed by atoms with Crippen LogP contribution in [0, 0.1) is 0 Å². The average Bonchev–Trinajstić information content (AvgIpc) is 2.91. The molecule has 3 amide bonds. The fraction of sp³-hybridized carbons (Fsp3) is 0.548. The van der Waals surface area contributed by atoms with Crippen molar-refractivity contribution in [3.63, 3.8) is 0 Å². The Kier molecular flexibility index (Phi) is 11.0. The molecule has 0 atom stereocenters. The molecule has 1 aliphatic heterocycles. The van der Waals surface area contributed by atoms with Crippen LogP contribution in [0.2, 0.25) is 0 Å². The normalized spacial score (nSPS) is 13.8. The van der Waals surface area contributed by atoms with Gasteiger partial charge < -0.3 is 25.8 Å². The Labute approximate surface area is 229 Å². The molecule has 0 saturated carbocycles. The lowest BCUT2D eigenvalue weighted by atomic mass is 9.93. The molecule has 1 heterocycles. The van der Waals surface area contributed by atoms with Crippen molar-refractivity contribution in [2.24, 2.45) is 0 Å². The molecule has 208 valence electrons. The smallest absolute Gasteiger partial charge is 0.323 e. The standard InChI is InChI=1S/C31H47N5O2/c1-7-35(8-2)20-17-32-30(37)27-21-24(15-16-28(27)36-18-10-9-11-19-36)33-31(38)34-29-25(22(3)4)13-12-14-26(29)23(5)6/h12-16,21-23H,7-11,17-20H2,1-6H3,(H,32,37)(H2,33,34,38). The predicted molar refractivity (Wildman–Crippen MR) is 160 cm³/mol. The number of rotatable bonds is 11. The molecule has 1 saturated heterocycles. The monoisotopic (exact) mass is 521 g/mol. The van der Waals surface area contributed by atoms with Crippen molar-refractivity contribution >= 4 is 29.0 Å². The molecule has 1 fully saturated rings. The van der Waals surface area contributed by atoms with E-state index >= 15 is 0 Å². The lowest BCUT2D eigenvalue weighted by Crippen LogP contribution is -2.36. The summed E-state index contributed by atoms with van der Waals surface area (Å²) in [6.07, 6.45) is 3.47. The summed E-state index contributed by atoms with van der Waals surface area (Å²) in [4.78, 5) is 31.1. The van der Waals surface area contributed by atoms with Crippen LogP contribution in [-0.2, 0) is 0 Å². The third kappa shape index (κ3) is 7.73. The van der Waals surface area contributed by atoms with Gasteiger partial charge in [0.1, 0.15) is 0 Å². The summed E-state index contributed by atoms with van der Waals surface area (Å²) < 4.78 is 0. The highest BCUT2D eigenvalue weighted by atomic mass is 16.2. The van der Waals surface area contributed by atoms with Gasteiger partial charge in [0.2, 0.25) is 0 Å². The van der Waals surface area contributed by atoms with Crippen LogP contribution in [0.15, 0.2) is 36.4 Å². The first kappa shape index (κ1) is 29.5. The van der Waals surface area contributed by atoms with E-state index in [9.17, 15) is 9.59 Å². The minimum Gasteiger partial charge on any atom is -0.371 e. The van der Waals surface area contributed by atoms with Crippen molar-refractivity contribution in [2.75, 3.05) is 54.8 Å². The van der Waals surface area contributed by atoms with Crippen LogP contribution in [0.4, 0.5) is 21.9 Å². The molecule has 0 spiro atoms. The summed E-state index contributed by atoms with van der Waals surface area (Å²) in [6, 6.07) is 11.6. The maximum atomic E-state index is 13.3. The highest BCUT2D eigenvalue weighted by Crippen LogP contribution is 2.33. The number of carbonyl (C=O) groups is 2. The Morgan fingerprint density at radius 1 is 0.895 bits per heavy atom. The van der Waals surface area contributed by atoms with Crippen LogP contribution >= 0.6 is 0 Å². The Morgan fingerprint density at radius 3 is 2.11 bits per heavy atom. The molecular weight excluding hydrogens is 474 g/mol. The number of hydrogen-bond acceptors (Lipinski definition) is 4. The molecule has 7 heteroatoms. The summed E-state index contributed by atoms with van der Waals surface area (Å²) in [7, 11) is 0. The Hall–Kier alpha value is -3.06. The molecule has 2 aromatic rings. The van der Waals surface area contributed by atoms with E-state index in [0.717, 1.165) is 68.1 Å². The fourth-order valence-electron chi connectivity index (χ4n) is 5.14. The molecule has 3 rings (SSSR count).